The first-order valence-corrected chi connectivity index (χ1v) is 6.98. The van der Waals surface area contributed by atoms with E-state index < -0.39 is 9.84 Å². The van der Waals surface area contributed by atoms with Gasteiger partial charge in [-0.3, -0.25) is 9.69 Å². The van der Waals surface area contributed by atoms with Crippen molar-refractivity contribution >= 4 is 33.1 Å². The summed E-state index contributed by atoms with van der Waals surface area (Å²) < 4.78 is 22.6. The van der Waals surface area contributed by atoms with Crippen LogP contribution in [0.25, 0.3) is 0 Å². The lowest BCUT2D eigenvalue weighted by Crippen LogP contribution is -2.41. The Balaban J connectivity index is 2.19. The van der Waals surface area contributed by atoms with Gasteiger partial charge in [-0.1, -0.05) is 0 Å². The van der Waals surface area contributed by atoms with Gasteiger partial charge in [-0.05, 0) is 25.6 Å². The molecule has 7 heteroatoms. The first-order valence-electron chi connectivity index (χ1n) is 4.75. The van der Waals surface area contributed by atoms with Gasteiger partial charge in [-0.25, -0.2) is 8.42 Å². The minimum Gasteiger partial charge on any atom is -0.351 e. The van der Waals surface area contributed by atoms with E-state index in [2.05, 4.69) is 5.32 Å². The normalized spacial score (nSPS) is 34.6. The maximum atomic E-state index is 11.7. The zero-order valence-corrected chi connectivity index (χ0v) is 9.90. The van der Waals surface area contributed by atoms with E-state index in [1.165, 1.54) is 4.90 Å². The van der Waals surface area contributed by atoms with Crippen LogP contribution in [0.3, 0.4) is 0 Å². The molecule has 0 aliphatic carbocycles. The van der Waals surface area contributed by atoms with Crippen LogP contribution < -0.4 is 5.32 Å². The molecule has 0 aromatic carbocycles. The Hall–Kier alpha value is -0.690. The molecule has 0 radical (unpaired) electrons. The highest BCUT2D eigenvalue weighted by molar-refractivity contribution is 7.91. The molecule has 15 heavy (non-hydrogen) atoms. The van der Waals surface area contributed by atoms with Crippen LogP contribution in [0, 0.1) is 0 Å². The van der Waals surface area contributed by atoms with Crippen LogP contribution in [-0.2, 0) is 14.6 Å². The number of rotatable bonds is 1. The molecule has 1 N–H and O–H groups in total. The summed E-state index contributed by atoms with van der Waals surface area (Å²) in [5, 5.41) is 3.19. The van der Waals surface area contributed by atoms with Crippen molar-refractivity contribution in [1.29, 1.82) is 0 Å². The van der Waals surface area contributed by atoms with Gasteiger partial charge in [0.1, 0.15) is 6.04 Å². The van der Waals surface area contributed by atoms with Gasteiger partial charge in [0.25, 0.3) is 5.91 Å². The summed E-state index contributed by atoms with van der Waals surface area (Å²) in [7, 11) is -2.98. The molecule has 0 aromatic heterocycles. The minimum absolute atomic E-state index is 0.0350. The van der Waals surface area contributed by atoms with Gasteiger partial charge in [0, 0.05) is 0 Å². The Kier molecular flexibility index (Phi) is 2.46. The van der Waals surface area contributed by atoms with Gasteiger partial charge in [-0.15, -0.1) is 0 Å². The first kappa shape index (κ1) is 10.8. The van der Waals surface area contributed by atoms with Crippen molar-refractivity contribution in [2.45, 2.75) is 25.4 Å². The second-order valence-electron chi connectivity index (χ2n) is 3.94. The molecule has 2 atom stereocenters. The fraction of sp³-hybridized carbons (Fsp3) is 0.750. The van der Waals surface area contributed by atoms with Crippen molar-refractivity contribution in [2.75, 3.05) is 11.5 Å². The number of nitrogens with one attached hydrogen (secondary N) is 1. The molecular formula is C8H12N2O3S2. The summed E-state index contributed by atoms with van der Waals surface area (Å²) in [4.78, 5) is 13.1. The third kappa shape index (κ3) is 1.85. The summed E-state index contributed by atoms with van der Waals surface area (Å²) >= 11 is 5.01. The Morgan fingerprint density at radius 3 is 2.60 bits per heavy atom. The topological polar surface area (TPSA) is 66.5 Å². The van der Waals surface area contributed by atoms with Crippen LogP contribution in [0.4, 0.5) is 0 Å². The van der Waals surface area contributed by atoms with Crippen LogP contribution in [-0.4, -0.2) is 47.9 Å². The van der Waals surface area contributed by atoms with E-state index in [1.54, 1.807) is 6.92 Å². The average molecular weight is 248 g/mol. The van der Waals surface area contributed by atoms with E-state index >= 15 is 0 Å². The van der Waals surface area contributed by atoms with Crippen LogP contribution in [0.2, 0.25) is 0 Å². The Morgan fingerprint density at radius 1 is 1.53 bits per heavy atom. The van der Waals surface area contributed by atoms with Crippen LogP contribution >= 0.6 is 12.2 Å². The van der Waals surface area contributed by atoms with Crippen molar-refractivity contribution in [3.05, 3.63) is 0 Å². The SMILES string of the molecule is C[C@@H]1NC(=S)N([C@@H]2CCS(=O)(=O)C2)C1=O. The molecule has 0 saturated carbocycles. The Morgan fingerprint density at radius 2 is 2.20 bits per heavy atom. The highest BCUT2D eigenvalue weighted by Crippen LogP contribution is 2.21. The number of carbonyl (C=O) groups excluding carboxylic acids is 1. The number of carbonyl (C=O) groups is 1. The summed E-state index contributed by atoms with van der Waals surface area (Å²) in [6.07, 6.45) is 0.489. The van der Waals surface area contributed by atoms with E-state index in [0.29, 0.717) is 11.5 Å². The van der Waals surface area contributed by atoms with Gasteiger partial charge in [0.05, 0.1) is 17.5 Å². The quantitative estimate of drug-likeness (QED) is 0.620. The average Bonchev–Trinajstić information content (AvgIpc) is 2.56. The third-order valence-corrected chi connectivity index (χ3v) is 4.81. The zero-order chi connectivity index (χ0) is 11.2. The Bertz CT molecular complexity index is 418. The monoisotopic (exact) mass is 248 g/mol. The minimum atomic E-state index is -2.98. The molecule has 0 bridgehead atoms. The van der Waals surface area contributed by atoms with E-state index in [9.17, 15) is 13.2 Å². The number of hydrogen-bond donors (Lipinski definition) is 1. The smallest absolute Gasteiger partial charge is 0.251 e. The standard InChI is InChI=1S/C8H12N2O3S2/c1-5-7(11)10(8(14)9-5)6-2-3-15(12,13)4-6/h5-6H,2-4H2,1H3,(H,9,14)/t5-,6+/m0/s1. The van der Waals surface area contributed by atoms with E-state index in [0.717, 1.165) is 0 Å². The van der Waals surface area contributed by atoms with Gasteiger partial charge in [-0.2, -0.15) is 0 Å². The molecule has 0 unspecified atom stereocenters. The fourth-order valence-corrected chi connectivity index (χ4v) is 4.07. The zero-order valence-electron chi connectivity index (χ0n) is 8.26. The van der Waals surface area contributed by atoms with Gasteiger partial charge in [0.15, 0.2) is 14.9 Å². The van der Waals surface area contributed by atoms with E-state index in [4.69, 9.17) is 12.2 Å². The number of sulfone groups is 1. The lowest BCUT2D eigenvalue weighted by atomic mass is 10.2. The van der Waals surface area contributed by atoms with Gasteiger partial charge < -0.3 is 5.32 Å². The molecule has 2 saturated heterocycles. The molecule has 5 nitrogen and oxygen atoms in total. The number of amides is 1. The van der Waals surface area contributed by atoms with Crippen molar-refractivity contribution in [1.82, 2.24) is 10.2 Å². The molecule has 1 amide bonds. The van der Waals surface area contributed by atoms with Gasteiger partial charge in [0.2, 0.25) is 0 Å². The summed E-state index contributed by atoms with van der Waals surface area (Å²) in [6.45, 7) is 1.72. The fourth-order valence-electron chi connectivity index (χ4n) is 1.95. The predicted octanol–water partition coefficient (Wildman–Crippen LogP) is -0.721. The Labute approximate surface area is 93.7 Å². The van der Waals surface area contributed by atoms with Crippen LogP contribution in [0.1, 0.15) is 13.3 Å². The molecule has 2 aliphatic rings. The number of hydrogen-bond acceptors (Lipinski definition) is 4. The first-order chi connectivity index (χ1) is 6.91. The maximum Gasteiger partial charge on any atom is 0.251 e. The molecule has 84 valence electrons. The summed E-state index contributed by atoms with van der Waals surface area (Å²) in [6, 6.07) is -0.603. The predicted molar refractivity (Wildman–Crippen MR) is 59.1 cm³/mol. The number of nitrogens with zero attached hydrogens (tertiary/aromatic N) is 1. The molecule has 0 spiro atoms. The van der Waals surface area contributed by atoms with Crippen molar-refractivity contribution in [2.24, 2.45) is 0 Å². The maximum absolute atomic E-state index is 11.7. The van der Waals surface area contributed by atoms with Crippen LogP contribution in [0.15, 0.2) is 0 Å². The van der Waals surface area contributed by atoms with Crippen molar-refractivity contribution in [3.8, 4) is 0 Å². The molecular weight excluding hydrogens is 236 g/mol. The van der Waals surface area contributed by atoms with E-state index in [-0.39, 0.29) is 29.5 Å². The lowest BCUT2D eigenvalue weighted by molar-refractivity contribution is -0.127. The second kappa shape index (κ2) is 3.41. The number of thiocarbonyl (C=S) groups is 1. The highest BCUT2D eigenvalue weighted by atomic mass is 32.2. The van der Waals surface area contributed by atoms with E-state index in [1.807, 2.05) is 0 Å². The highest BCUT2D eigenvalue weighted by Gasteiger charge is 2.41. The molecule has 2 heterocycles. The second-order valence-corrected chi connectivity index (χ2v) is 6.55. The van der Waals surface area contributed by atoms with Gasteiger partial charge >= 0.3 is 0 Å². The lowest BCUT2D eigenvalue weighted by Gasteiger charge is -2.21. The molecule has 0 aromatic rings. The van der Waals surface area contributed by atoms with Crippen molar-refractivity contribution < 1.29 is 13.2 Å². The molecule has 2 fully saturated rings. The molecule has 2 aliphatic heterocycles. The van der Waals surface area contributed by atoms with Crippen LogP contribution in [0.5, 0.6) is 0 Å². The summed E-state index contributed by atoms with van der Waals surface area (Å²) in [5.41, 5.74) is 0. The summed E-state index contributed by atoms with van der Waals surface area (Å²) in [5.74, 6) is 0.0632. The van der Waals surface area contributed by atoms with Crippen molar-refractivity contribution in [3.63, 3.8) is 0 Å². The third-order valence-electron chi connectivity index (χ3n) is 2.74. The molecule has 2 rings (SSSR count). The largest absolute Gasteiger partial charge is 0.351 e.